The molecule has 2 heteroatoms. The first kappa shape index (κ1) is 12.4. The first-order chi connectivity index (χ1) is 9.29. The molecule has 106 valence electrons. The molecular formula is C17H27NO. The normalized spacial score (nSPS) is 44.9. The van der Waals surface area contributed by atoms with E-state index in [1.165, 1.54) is 57.8 Å². The van der Waals surface area contributed by atoms with Gasteiger partial charge in [0.2, 0.25) is 0 Å². The van der Waals surface area contributed by atoms with Crippen molar-refractivity contribution in [1.29, 1.82) is 0 Å². The topological polar surface area (TPSA) is 29.1 Å². The van der Waals surface area contributed by atoms with Gasteiger partial charge in [-0.3, -0.25) is 4.79 Å². The highest BCUT2D eigenvalue weighted by molar-refractivity contribution is 5.84. The summed E-state index contributed by atoms with van der Waals surface area (Å²) >= 11 is 0. The molecule has 0 aromatic carbocycles. The zero-order chi connectivity index (χ0) is 12.8. The number of ketones is 1. The van der Waals surface area contributed by atoms with Crippen LogP contribution in [-0.2, 0) is 4.79 Å². The molecule has 0 saturated heterocycles. The van der Waals surface area contributed by atoms with Crippen molar-refractivity contribution >= 4 is 5.78 Å². The molecule has 5 fully saturated rings. The lowest BCUT2D eigenvalue weighted by molar-refractivity contribution is -0.135. The lowest BCUT2D eigenvalue weighted by Gasteiger charge is -2.53. The molecule has 5 aliphatic carbocycles. The molecule has 1 N–H and O–H groups in total. The lowest BCUT2D eigenvalue weighted by atomic mass is 9.51. The molecule has 0 aromatic rings. The second kappa shape index (κ2) is 4.87. The molecule has 0 aliphatic heterocycles. The first-order valence-corrected chi connectivity index (χ1v) is 8.55. The zero-order valence-electron chi connectivity index (χ0n) is 11.9. The SMILES string of the molecule is O=C(CNC1CCCC1)C1C2CC3CC(C2)CC1C3. The van der Waals surface area contributed by atoms with Crippen LogP contribution in [0, 0.1) is 29.6 Å². The maximum Gasteiger partial charge on any atom is 0.150 e. The molecule has 0 heterocycles. The van der Waals surface area contributed by atoms with Crippen LogP contribution < -0.4 is 5.32 Å². The fourth-order valence-electron chi connectivity index (χ4n) is 5.94. The van der Waals surface area contributed by atoms with Gasteiger partial charge in [0.1, 0.15) is 5.78 Å². The average molecular weight is 261 g/mol. The lowest BCUT2D eigenvalue weighted by Crippen LogP contribution is -2.50. The van der Waals surface area contributed by atoms with Crippen LogP contribution in [-0.4, -0.2) is 18.4 Å². The number of hydrogen-bond donors (Lipinski definition) is 1. The van der Waals surface area contributed by atoms with Gasteiger partial charge in [-0.05, 0) is 68.6 Å². The summed E-state index contributed by atoms with van der Waals surface area (Å²) in [6, 6.07) is 0.640. The molecule has 5 saturated carbocycles. The smallest absolute Gasteiger partial charge is 0.150 e. The Morgan fingerprint density at radius 2 is 1.47 bits per heavy atom. The van der Waals surface area contributed by atoms with Crippen molar-refractivity contribution in [2.75, 3.05) is 6.54 Å². The van der Waals surface area contributed by atoms with Gasteiger partial charge in [-0.1, -0.05) is 12.8 Å². The minimum Gasteiger partial charge on any atom is -0.307 e. The monoisotopic (exact) mass is 261 g/mol. The number of carbonyl (C=O) groups is 1. The Balaban J connectivity index is 1.37. The third-order valence-electron chi connectivity index (χ3n) is 6.52. The Bertz CT molecular complexity index is 330. The molecular weight excluding hydrogens is 234 g/mol. The van der Waals surface area contributed by atoms with Crippen LogP contribution in [0.5, 0.6) is 0 Å². The highest BCUT2D eigenvalue weighted by atomic mass is 16.1. The van der Waals surface area contributed by atoms with E-state index >= 15 is 0 Å². The molecule has 0 unspecified atom stereocenters. The van der Waals surface area contributed by atoms with Gasteiger partial charge < -0.3 is 5.32 Å². The molecule has 0 aromatic heterocycles. The van der Waals surface area contributed by atoms with Crippen LogP contribution in [0.15, 0.2) is 0 Å². The molecule has 19 heavy (non-hydrogen) atoms. The summed E-state index contributed by atoms with van der Waals surface area (Å²) < 4.78 is 0. The summed E-state index contributed by atoms with van der Waals surface area (Å²) in [7, 11) is 0. The van der Waals surface area contributed by atoms with Crippen molar-refractivity contribution in [2.45, 2.75) is 63.8 Å². The van der Waals surface area contributed by atoms with Gasteiger partial charge in [-0.25, -0.2) is 0 Å². The van der Waals surface area contributed by atoms with E-state index in [0.29, 0.717) is 24.3 Å². The van der Waals surface area contributed by atoms with E-state index in [2.05, 4.69) is 5.32 Å². The molecule has 0 atom stereocenters. The van der Waals surface area contributed by atoms with Gasteiger partial charge in [0, 0.05) is 12.0 Å². The van der Waals surface area contributed by atoms with Crippen molar-refractivity contribution < 1.29 is 4.79 Å². The van der Waals surface area contributed by atoms with E-state index in [4.69, 9.17) is 0 Å². The standard InChI is InChI=1S/C17H27NO/c19-16(10-18-15-3-1-2-4-15)17-13-6-11-5-12(8-13)9-14(17)7-11/h11-15,17-18H,1-10H2. The largest absolute Gasteiger partial charge is 0.307 e. The molecule has 4 bridgehead atoms. The molecule has 5 rings (SSSR count). The number of nitrogens with one attached hydrogen (secondary N) is 1. The van der Waals surface area contributed by atoms with Gasteiger partial charge in [0.05, 0.1) is 6.54 Å². The van der Waals surface area contributed by atoms with Gasteiger partial charge >= 0.3 is 0 Å². The Kier molecular flexibility index (Phi) is 3.17. The van der Waals surface area contributed by atoms with Gasteiger partial charge in [0.15, 0.2) is 0 Å². The number of carbonyl (C=O) groups excluding carboxylic acids is 1. The van der Waals surface area contributed by atoms with E-state index in [1.807, 2.05) is 0 Å². The number of rotatable bonds is 4. The molecule has 0 amide bonds. The summed E-state index contributed by atoms with van der Waals surface area (Å²) in [5, 5.41) is 3.54. The van der Waals surface area contributed by atoms with Gasteiger partial charge in [0.25, 0.3) is 0 Å². The Morgan fingerprint density at radius 3 is 2.05 bits per heavy atom. The summed E-state index contributed by atoms with van der Waals surface area (Å²) in [5.74, 6) is 4.47. The van der Waals surface area contributed by atoms with Crippen molar-refractivity contribution in [1.82, 2.24) is 5.32 Å². The number of hydrogen-bond acceptors (Lipinski definition) is 2. The van der Waals surface area contributed by atoms with Crippen LogP contribution in [0.2, 0.25) is 0 Å². The quantitative estimate of drug-likeness (QED) is 0.842. The molecule has 5 aliphatic rings. The van der Waals surface area contributed by atoms with E-state index in [9.17, 15) is 4.79 Å². The van der Waals surface area contributed by atoms with Crippen molar-refractivity contribution in [3.8, 4) is 0 Å². The third-order valence-corrected chi connectivity index (χ3v) is 6.52. The summed E-state index contributed by atoms with van der Waals surface area (Å²) in [6.45, 7) is 0.664. The van der Waals surface area contributed by atoms with Crippen LogP contribution >= 0.6 is 0 Å². The van der Waals surface area contributed by atoms with E-state index < -0.39 is 0 Å². The van der Waals surface area contributed by atoms with Crippen LogP contribution in [0.1, 0.15) is 57.8 Å². The minimum absolute atomic E-state index is 0.432. The number of Topliss-reactive ketones (excluding diaryl/α,β-unsaturated/α-hetero) is 1. The second-order valence-corrected chi connectivity index (χ2v) is 7.79. The first-order valence-electron chi connectivity index (χ1n) is 8.55. The van der Waals surface area contributed by atoms with Gasteiger partial charge in [-0.2, -0.15) is 0 Å². The van der Waals surface area contributed by atoms with Crippen molar-refractivity contribution in [2.24, 2.45) is 29.6 Å². The summed E-state index contributed by atoms with van der Waals surface area (Å²) in [4.78, 5) is 12.6. The van der Waals surface area contributed by atoms with E-state index in [-0.39, 0.29) is 0 Å². The molecule has 2 nitrogen and oxygen atoms in total. The van der Waals surface area contributed by atoms with Crippen molar-refractivity contribution in [3.05, 3.63) is 0 Å². The van der Waals surface area contributed by atoms with Gasteiger partial charge in [-0.15, -0.1) is 0 Å². The maximum absolute atomic E-state index is 12.6. The van der Waals surface area contributed by atoms with Crippen LogP contribution in [0.4, 0.5) is 0 Å². The fraction of sp³-hybridized carbons (Fsp3) is 0.941. The molecule has 0 spiro atoms. The van der Waals surface area contributed by atoms with Crippen molar-refractivity contribution in [3.63, 3.8) is 0 Å². The van der Waals surface area contributed by atoms with Crippen LogP contribution in [0.3, 0.4) is 0 Å². The Labute approximate surface area is 116 Å². The third kappa shape index (κ3) is 2.26. The second-order valence-electron chi connectivity index (χ2n) is 7.79. The summed E-state index contributed by atoms with van der Waals surface area (Å²) in [6.07, 6.45) is 12.2. The predicted octanol–water partition coefficient (Wildman–Crippen LogP) is 3.16. The van der Waals surface area contributed by atoms with E-state index in [0.717, 1.165) is 23.7 Å². The zero-order valence-corrected chi connectivity index (χ0v) is 11.9. The summed E-state index contributed by atoms with van der Waals surface area (Å²) in [5.41, 5.74) is 0. The Hall–Kier alpha value is -0.370. The maximum atomic E-state index is 12.6. The predicted molar refractivity (Wildman–Crippen MR) is 75.8 cm³/mol. The van der Waals surface area contributed by atoms with Crippen LogP contribution in [0.25, 0.3) is 0 Å². The van der Waals surface area contributed by atoms with E-state index in [1.54, 1.807) is 0 Å². The highest BCUT2D eigenvalue weighted by Gasteiger charge is 2.50. The highest BCUT2D eigenvalue weighted by Crippen LogP contribution is 2.56. The Morgan fingerprint density at radius 1 is 0.895 bits per heavy atom. The fourth-order valence-corrected chi connectivity index (χ4v) is 5.94. The average Bonchev–Trinajstić information content (AvgIpc) is 2.88. The minimum atomic E-state index is 0.432. The molecule has 0 radical (unpaired) electrons.